The maximum Gasteiger partial charge on any atom is 0.416 e. The lowest BCUT2D eigenvalue weighted by atomic mass is 10.2. The van der Waals surface area contributed by atoms with Crippen molar-refractivity contribution in [2.24, 2.45) is 7.05 Å². The van der Waals surface area contributed by atoms with Crippen LogP contribution in [0.25, 0.3) is 0 Å². The molecule has 1 heterocycles. The van der Waals surface area contributed by atoms with Crippen LogP contribution in [-0.4, -0.2) is 42.7 Å². The number of esters is 1. The van der Waals surface area contributed by atoms with Crippen LogP contribution < -0.4 is 10.0 Å². The number of hydrogen-bond acceptors (Lipinski definition) is 6. The number of carbonyl (C=O) groups is 2. The first kappa shape index (κ1) is 25.6. The Morgan fingerprint density at radius 1 is 1.28 bits per heavy atom. The number of carbonyl (C=O) groups excluding carboxylic acids is 2. The number of nitrogens with zero attached hydrogens (tertiary/aromatic N) is 2. The van der Waals surface area contributed by atoms with Gasteiger partial charge in [0.15, 0.2) is 6.10 Å². The molecule has 0 radical (unpaired) electrons. The van der Waals surface area contributed by atoms with Crippen molar-refractivity contribution >= 4 is 39.2 Å². The summed E-state index contributed by atoms with van der Waals surface area (Å²) in [5.74, 6) is -1.81. The minimum absolute atomic E-state index is 0.352. The summed E-state index contributed by atoms with van der Waals surface area (Å²) in [6.07, 6.45) is -6.08. The van der Waals surface area contributed by atoms with E-state index < -0.39 is 56.2 Å². The molecule has 1 aromatic heterocycles. The van der Waals surface area contributed by atoms with Crippen molar-refractivity contribution < 1.29 is 35.9 Å². The molecule has 32 heavy (non-hydrogen) atoms. The zero-order valence-corrected chi connectivity index (χ0v) is 18.9. The summed E-state index contributed by atoms with van der Waals surface area (Å²) in [6, 6.07) is 1.76. The van der Waals surface area contributed by atoms with Gasteiger partial charge in [0.1, 0.15) is 11.4 Å². The van der Waals surface area contributed by atoms with Gasteiger partial charge in [0, 0.05) is 7.05 Å². The summed E-state index contributed by atoms with van der Waals surface area (Å²) >= 11 is 5.71. The van der Waals surface area contributed by atoms with Crippen LogP contribution in [0.3, 0.4) is 0 Å². The Morgan fingerprint density at radius 3 is 2.44 bits per heavy atom. The third-order valence-electron chi connectivity index (χ3n) is 4.39. The van der Waals surface area contributed by atoms with Crippen LogP contribution in [0.4, 0.5) is 18.9 Å². The molecule has 0 aliphatic carbocycles. The van der Waals surface area contributed by atoms with Crippen molar-refractivity contribution in [1.29, 1.82) is 0 Å². The highest BCUT2D eigenvalue weighted by molar-refractivity contribution is 7.89. The highest BCUT2D eigenvalue weighted by Gasteiger charge is 2.33. The van der Waals surface area contributed by atoms with Crippen LogP contribution in [0.2, 0.25) is 5.02 Å². The summed E-state index contributed by atoms with van der Waals surface area (Å²) < 4.78 is 71.4. The number of hydrogen-bond donors (Lipinski definition) is 2. The fraction of sp³-hybridized carbons (Fsp3) is 0.389. The topological polar surface area (TPSA) is 119 Å². The van der Waals surface area contributed by atoms with E-state index in [4.69, 9.17) is 16.3 Å². The highest BCUT2D eigenvalue weighted by Crippen LogP contribution is 2.33. The zero-order chi connectivity index (χ0) is 24.4. The van der Waals surface area contributed by atoms with Gasteiger partial charge in [-0.3, -0.25) is 14.3 Å². The van der Waals surface area contributed by atoms with Crippen molar-refractivity contribution in [3.05, 3.63) is 40.2 Å². The Morgan fingerprint density at radius 2 is 1.91 bits per heavy atom. The Hall–Kier alpha value is -2.64. The Kier molecular flexibility index (Phi) is 7.58. The molecule has 2 rings (SSSR count). The molecule has 14 heteroatoms. The second-order valence-corrected chi connectivity index (χ2v) is 8.90. The summed E-state index contributed by atoms with van der Waals surface area (Å²) in [7, 11) is -2.89. The first-order valence-electron chi connectivity index (χ1n) is 9.00. The average molecular weight is 497 g/mol. The molecule has 176 valence electrons. The quantitative estimate of drug-likeness (QED) is 0.569. The van der Waals surface area contributed by atoms with Crippen molar-refractivity contribution in [3.63, 3.8) is 0 Å². The van der Waals surface area contributed by atoms with Crippen LogP contribution >= 0.6 is 11.6 Å². The van der Waals surface area contributed by atoms with Gasteiger partial charge in [-0.1, -0.05) is 11.6 Å². The van der Waals surface area contributed by atoms with E-state index in [1.165, 1.54) is 6.92 Å². The van der Waals surface area contributed by atoms with Gasteiger partial charge in [0.2, 0.25) is 10.0 Å². The van der Waals surface area contributed by atoms with Gasteiger partial charge in [-0.05, 0) is 39.0 Å². The van der Waals surface area contributed by atoms with E-state index in [0.29, 0.717) is 29.2 Å². The van der Waals surface area contributed by atoms with Crippen LogP contribution in [-0.2, 0) is 37.6 Å². The van der Waals surface area contributed by atoms with Crippen molar-refractivity contribution in [1.82, 2.24) is 14.5 Å². The predicted molar refractivity (Wildman–Crippen MR) is 109 cm³/mol. The standard InChI is InChI=1S/C18H20ClF3N4O5S/c1-9-16(10(2)26(4)25-9)24-17(28)11(3)31-15(27)8-23-32(29,30)14-7-12(18(20,21)22)5-6-13(14)19/h5-7,11,23H,8H2,1-4H3,(H,24,28). The molecule has 1 unspecified atom stereocenters. The molecule has 0 saturated carbocycles. The Labute approximate surface area is 186 Å². The van der Waals surface area contributed by atoms with Gasteiger partial charge in [-0.15, -0.1) is 0 Å². The van der Waals surface area contributed by atoms with Gasteiger partial charge in [0.05, 0.1) is 27.7 Å². The van der Waals surface area contributed by atoms with Gasteiger partial charge in [-0.2, -0.15) is 23.0 Å². The SMILES string of the molecule is Cc1nn(C)c(C)c1NC(=O)C(C)OC(=O)CNS(=O)(=O)c1cc(C(F)(F)F)ccc1Cl. The van der Waals surface area contributed by atoms with E-state index in [-0.39, 0.29) is 0 Å². The molecule has 0 spiro atoms. The largest absolute Gasteiger partial charge is 0.452 e. The van der Waals surface area contributed by atoms with Crippen LogP contribution in [0, 0.1) is 13.8 Å². The van der Waals surface area contributed by atoms with E-state index in [1.54, 1.807) is 25.6 Å². The van der Waals surface area contributed by atoms with Crippen LogP contribution in [0.1, 0.15) is 23.9 Å². The summed E-state index contributed by atoms with van der Waals surface area (Å²) in [5.41, 5.74) is 0.430. The fourth-order valence-electron chi connectivity index (χ4n) is 2.59. The number of nitrogens with one attached hydrogen (secondary N) is 2. The van der Waals surface area contributed by atoms with Gasteiger partial charge >= 0.3 is 12.1 Å². The summed E-state index contributed by atoms with van der Waals surface area (Å²) in [4.78, 5) is 23.4. The molecule has 2 aromatic rings. The van der Waals surface area contributed by atoms with E-state index in [2.05, 4.69) is 10.4 Å². The first-order chi connectivity index (χ1) is 14.6. The Bertz CT molecular complexity index is 1150. The third-order valence-corrected chi connectivity index (χ3v) is 6.27. The molecule has 0 fully saturated rings. The van der Waals surface area contributed by atoms with Crippen molar-refractivity contribution in [2.75, 3.05) is 11.9 Å². The lowest BCUT2D eigenvalue weighted by Crippen LogP contribution is -2.36. The number of alkyl halides is 3. The molecule has 1 atom stereocenters. The smallest absolute Gasteiger partial charge is 0.416 e. The fourth-order valence-corrected chi connectivity index (χ4v) is 4.08. The molecular weight excluding hydrogens is 477 g/mol. The second kappa shape index (κ2) is 9.46. The van der Waals surface area contributed by atoms with E-state index in [1.807, 2.05) is 4.72 Å². The molecular formula is C18H20ClF3N4O5S. The van der Waals surface area contributed by atoms with Gasteiger partial charge in [-0.25, -0.2) is 8.42 Å². The molecule has 1 amide bonds. The predicted octanol–water partition coefficient (Wildman–Crippen LogP) is 2.56. The van der Waals surface area contributed by atoms with E-state index in [9.17, 15) is 31.2 Å². The molecule has 0 aliphatic rings. The number of halogens is 4. The van der Waals surface area contributed by atoms with Crippen molar-refractivity contribution in [2.45, 2.75) is 37.9 Å². The number of benzene rings is 1. The number of amides is 1. The molecule has 2 N–H and O–H groups in total. The Balaban J connectivity index is 2.02. The van der Waals surface area contributed by atoms with Gasteiger partial charge in [0.25, 0.3) is 5.91 Å². The average Bonchev–Trinajstić information content (AvgIpc) is 2.91. The zero-order valence-electron chi connectivity index (χ0n) is 17.4. The lowest BCUT2D eigenvalue weighted by Gasteiger charge is -2.15. The van der Waals surface area contributed by atoms with Crippen LogP contribution in [0.5, 0.6) is 0 Å². The number of rotatable bonds is 7. The monoisotopic (exact) mass is 496 g/mol. The number of anilines is 1. The molecule has 0 saturated heterocycles. The van der Waals surface area contributed by atoms with Gasteiger partial charge < -0.3 is 10.1 Å². The molecule has 0 bridgehead atoms. The maximum atomic E-state index is 12.9. The third kappa shape index (κ3) is 5.99. The highest BCUT2D eigenvalue weighted by atomic mass is 35.5. The minimum Gasteiger partial charge on any atom is -0.452 e. The lowest BCUT2D eigenvalue weighted by molar-refractivity contribution is -0.151. The molecule has 1 aromatic carbocycles. The van der Waals surface area contributed by atoms with E-state index in [0.717, 1.165) is 6.07 Å². The first-order valence-corrected chi connectivity index (χ1v) is 10.9. The van der Waals surface area contributed by atoms with Crippen LogP contribution in [0.15, 0.2) is 23.1 Å². The number of ether oxygens (including phenoxy) is 1. The minimum atomic E-state index is -4.79. The summed E-state index contributed by atoms with van der Waals surface area (Å²) in [6.45, 7) is 3.73. The number of sulfonamides is 1. The molecule has 0 aliphatic heterocycles. The van der Waals surface area contributed by atoms with E-state index >= 15 is 0 Å². The summed E-state index contributed by atoms with van der Waals surface area (Å²) in [5, 5.41) is 6.24. The number of aromatic nitrogens is 2. The maximum absolute atomic E-state index is 12.9. The van der Waals surface area contributed by atoms with Crippen molar-refractivity contribution in [3.8, 4) is 0 Å². The number of aryl methyl sites for hydroxylation is 2. The normalized spacial score (nSPS) is 13.0. The molecule has 9 nitrogen and oxygen atoms in total. The second-order valence-electron chi connectivity index (χ2n) is 6.76.